The Hall–Kier alpha value is -3.98. The average Bonchev–Trinajstić information content (AvgIpc) is 3.76. The Labute approximate surface area is 271 Å². The maximum absolute atomic E-state index is 6.53. The van der Waals surface area contributed by atoms with E-state index in [9.17, 15) is 0 Å². The van der Waals surface area contributed by atoms with Crippen LogP contribution in [0.5, 0.6) is 0 Å². The number of nitrogens with zero attached hydrogens (tertiary/aromatic N) is 6. The molecular weight excluding hydrogens is 704 g/mol. The molecule has 8 bridgehead atoms. The van der Waals surface area contributed by atoms with Crippen LogP contribution in [-0.2, 0) is 9.64 Å². The normalized spacial score (nSPS) is 12.8. The van der Waals surface area contributed by atoms with Crippen LogP contribution in [0.4, 0.5) is 0 Å². The van der Waals surface area contributed by atoms with Crippen LogP contribution in [0, 0.1) is 0 Å². The van der Waals surface area contributed by atoms with Crippen molar-refractivity contribution in [1.29, 1.82) is 0 Å². The SMILES string of the molecule is [Cl][Zn]([Cl])([Cl])([Cl])[c]1ccc2c3nc4nc(nc5[nH]c(nc6nc(nc([nH]3)c2c1)-c1ccccc1-6)c1ccccc51)-c1ccccc1-4. The molecule has 9 rings (SSSR count). The van der Waals surface area contributed by atoms with Gasteiger partial charge in [-0.1, -0.05) is 18.2 Å². The van der Waals surface area contributed by atoms with Gasteiger partial charge in [-0.15, -0.1) is 0 Å². The Morgan fingerprint density at radius 2 is 0.756 bits per heavy atom. The first-order chi connectivity index (χ1) is 21.7. The first-order valence-corrected chi connectivity index (χ1v) is 31.4. The van der Waals surface area contributed by atoms with E-state index in [1.165, 1.54) is 0 Å². The molecule has 5 heterocycles. The number of halogens is 4. The van der Waals surface area contributed by atoms with Gasteiger partial charge in [-0.2, -0.15) is 0 Å². The molecular formula is C32H17Cl4N8Zn. The Kier molecular flexibility index (Phi) is 5.78. The number of rotatable bonds is 1. The van der Waals surface area contributed by atoms with Crippen LogP contribution in [-0.4, -0.2) is 39.9 Å². The van der Waals surface area contributed by atoms with Crippen molar-refractivity contribution >= 4 is 87.1 Å². The van der Waals surface area contributed by atoms with Gasteiger partial charge in [-0.3, -0.25) is 0 Å². The van der Waals surface area contributed by atoms with E-state index in [-0.39, 0.29) is 0 Å². The zero-order valence-electron chi connectivity index (χ0n) is 23.1. The van der Waals surface area contributed by atoms with Crippen molar-refractivity contribution in [3.63, 3.8) is 0 Å². The van der Waals surface area contributed by atoms with E-state index in [0.29, 0.717) is 55.4 Å². The summed E-state index contributed by atoms with van der Waals surface area (Å²) in [5.41, 5.74) is 5.70. The molecule has 0 saturated heterocycles. The molecule has 0 atom stereocenters. The third-order valence-electron chi connectivity index (χ3n) is 8.23. The predicted octanol–water partition coefficient (Wildman–Crippen LogP) is 8.80. The van der Waals surface area contributed by atoms with E-state index in [1.54, 1.807) is 12.1 Å². The molecule has 0 aliphatic carbocycles. The van der Waals surface area contributed by atoms with Crippen LogP contribution in [0.25, 0.3) is 89.7 Å². The summed E-state index contributed by atoms with van der Waals surface area (Å²) in [5.74, 6) is 2.04. The van der Waals surface area contributed by atoms with Gasteiger partial charge < -0.3 is 0 Å². The van der Waals surface area contributed by atoms with Gasteiger partial charge in [-0.05, 0) is 0 Å². The number of aromatic amines is 2. The summed E-state index contributed by atoms with van der Waals surface area (Å²) in [5, 5.41) is 3.27. The second-order valence-corrected chi connectivity index (χ2v) is 48.5. The maximum atomic E-state index is 6.53. The summed E-state index contributed by atoms with van der Waals surface area (Å²) in [7, 11) is 20.9. The van der Waals surface area contributed by atoms with E-state index in [1.807, 2.05) is 78.9 Å². The van der Waals surface area contributed by atoms with Gasteiger partial charge in [0.05, 0.1) is 0 Å². The predicted molar refractivity (Wildman–Crippen MR) is 179 cm³/mol. The third kappa shape index (κ3) is 4.45. The number of H-pyrrole nitrogens is 2. The van der Waals surface area contributed by atoms with Crippen LogP contribution < -0.4 is 4.16 Å². The summed E-state index contributed by atoms with van der Waals surface area (Å²) in [6.45, 7) is 0. The third-order valence-corrected chi connectivity index (χ3v) is 18.2. The molecule has 0 amide bonds. The molecule has 215 valence electrons. The first-order valence-electron chi connectivity index (χ1n) is 14.3. The summed E-state index contributed by atoms with van der Waals surface area (Å²) in [4.78, 5) is 36.7. The number of hydrogen-bond acceptors (Lipinski definition) is 6. The Morgan fingerprint density at radius 1 is 0.400 bits per heavy atom. The number of fused-ring (bicyclic) bond motifs is 20. The van der Waals surface area contributed by atoms with Crippen LogP contribution in [0.3, 0.4) is 0 Å². The molecule has 7 aromatic rings. The van der Waals surface area contributed by atoms with Crippen molar-refractivity contribution in [1.82, 2.24) is 39.9 Å². The molecule has 0 radical (unpaired) electrons. The zero-order chi connectivity index (χ0) is 30.5. The van der Waals surface area contributed by atoms with Crippen molar-refractivity contribution in [2.45, 2.75) is 0 Å². The minimum atomic E-state index is -5.25. The molecule has 45 heavy (non-hydrogen) atoms. The second-order valence-electron chi connectivity index (χ2n) is 11.3. The van der Waals surface area contributed by atoms with E-state index in [0.717, 1.165) is 38.4 Å². The molecule has 2 aliphatic rings. The van der Waals surface area contributed by atoms with Crippen molar-refractivity contribution < 1.29 is 9.64 Å². The topological polar surface area (TPSA) is 109 Å². The summed E-state index contributed by atoms with van der Waals surface area (Å²) >= 11 is 0. The van der Waals surface area contributed by atoms with Crippen molar-refractivity contribution in [2.24, 2.45) is 0 Å². The van der Waals surface area contributed by atoms with Crippen molar-refractivity contribution in [3.8, 4) is 45.6 Å². The van der Waals surface area contributed by atoms with E-state index in [4.69, 9.17) is 68.7 Å². The van der Waals surface area contributed by atoms with Gasteiger partial charge in [0.2, 0.25) is 0 Å². The number of nitrogens with one attached hydrogen (secondary N) is 2. The monoisotopic (exact) mass is 717 g/mol. The molecule has 2 N–H and O–H groups in total. The standard InChI is InChI=1S/C32H17N8.4ClH.Zn/c1-2-10-18-17(9-1)25-33-26(18)38-28-21-13-5-6-14-22(21)30(35-28)40-32-24-16-8-7-15-23(24)31(36-32)39-29-20-12-4-3-11-19(20)27(34-29)37-25;;;;;/h1-7,9-16H,(H2,33,34,35,36,37,38,39,40);4*1H;/q;;;;;+4/p-4. The molecule has 0 spiro atoms. The van der Waals surface area contributed by atoms with Crippen LogP contribution >= 0.6 is 38.8 Å². The van der Waals surface area contributed by atoms with Crippen LogP contribution in [0.15, 0.2) is 91.0 Å². The summed E-state index contributed by atoms with van der Waals surface area (Å²) in [6.07, 6.45) is 0. The van der Waals surface area contributed by atoms with E-state index >= 15 is 0 Å². The average molecular weight is 721 g/mol. The fourth-order valence-corrected chi connectivity index (χ4v) is 11.5. The fraction of sp³-hybridized carbons (Fsp3) is 0. The van der Waals surface area contributed by atoms with Crippen LogP contribution in [0.1, 0.15) is 0 Å². The second kappa shape index (κ2) is 9.52. The van der Waals surface area contributed by atoms with Gasteiger partial charge in [0.1, 0.15) is 0 Å². The van der Waals surface area contributed by atoms with Gasteiger partial charge in [0, 0.05) is 0 Å². The Bertz CT molecular complexity index is 2570. The van der Waals surface area contributed by atoms with E-state index in [2.05, 4.69) is 9.97 Å². The van der Waals surface area contributed by atoms with Gasteiger partial charge in [-0.25, -0.2) is 0 Å². The molecule has 0 unspecified atom stereocenters. The molecule has 3 aromatic heterocycles. The first kappa shape index (κ1) is 27.3. The number of hydrogen-bond donors (Lipinski definition) is 2. The molecule has 4 aromatic carbocycles. The van der Waals surface area contributed by atoms with Gasteiger partial charge in [0.25, 0.3) is 0 Å². The van der Waals surface area contributed by atoms with Crippen molar-refractivity contribution in [2.75, 3.05) is 0 Å². The molecule has 13 heteroatoms. The van der Waals surface area contributed by atoms with Gasteiger partial charge >= 0.3 is 255 Å². The zero-order valence-corrected chi connectivity index (χ0v) is 29.1. The Balaban J connectivity index is 1.49. The molecule has 2 aliphatic heterocycles. The number of benzene rings is 4. The summed E-state index contributed by atoms with van der Waals surface area (Å²) in [6, 6.07) is 29.1. The quantitative estimate of drug-likeness (QED) is 0.164. The van der Waals surface area contributed by atoms with Gasteiger partial charge in [0.15, 0.2) is 0 Å². The van der Waals surface area contributed by atoms with Crippen LogP contribution in [0.2, 0.25) is 0 Å². The van der Waals surface area contributed by atoms with E-state index < -0.39 is 9.64 Å². The fourth-order valence-electron chi connectivity index (χ4n) is 6.02. The summed E-state index contributed by atoms with van der Waals surface area (Å²) < 4.78 is 0.472. The molecule has 0 fully saturated rings. The number of aromatic nitrogens is 8. The molecule has 0 saturated carbocycles. The van der Waals surface area contributed by atoms with Crippen molar-refractivity contribution in [3.05, 3.63) is 91.0 Å². The minimum absolute atomic E-state index is 0.472. The molecule has 8 nitrogen and oxygen atoms in total. The Morgan fingerprint density at radius 3 is 1.16 bits per heavy atom.